The molecule has 0 unspecified atom stereocenters. The number of hydrogen-bond donors (Lipinski definition) is 2. The molecule has 0 aromatic carbocycles. The van der Waals surface area contributed by atoms with Gasteiger partial charge in [-0.15, -0.1) is 0 Å². The highest BCUT2D eigenvalue weighted by molar-refractivity contribution is 7.80. The van der Waals surface area contributed by atoms with Gasteiger partial charge in [0, 0.05) is 31.7 Å². The third-order valence-electron chi connectivity index (χ3n) is 3.77. The van der Waals surface area contributed by atoms with Gasteiger partial charge in [0.1, 0.15) is 0 Å². The smallest absolute Gasteiger partial charge is 0.166 e. The second-order valence-corrected chi connectivity index (χ2v) is 6.87. The summed E-state index contributed by atoms with van der Waals surface area (Å²) in [6.45, 7) is 10.5. The van der Waals surface area contributed by atoms with Crippen LogP contribution in [-0.4, -0.2) is 41.7 Å². The Bertz CT molecular complexity index is 281. The molecule has 4 heteroatoms. The monoisotopic (exact) mass is 269 g/mol. The van der Waals surface area contributed by atoms with Crippen LogP contribution in [0.3, 0.4) is 0 Å². The van der Waals surface area contributed by atoms with Crippen molar-refractivity contribution in [3.63, 3.8) is 0 Å². The van der Waals surface area contributed by atoms with Crippen molar-refractivity contribution in [2.75, 3.05) is 19.6 Å². The molecule has 1 saturated heterocycles. The van der Waals surface area contributed by atoms with Crippen LogP contribution >= 0.6 is 12.2 Å². The average molecular weight is 269 g/mol. The molecule has 1 heterocycles. The van der Waals surface area contributed by atoms with Crippen LogP contribution in [0.1, 0.15) is 40.0 Å². The standard InChI is InChI=1S/C14H27N3S/c1-10-6-11(2)8-17(7-10)9-12(3)15-14(18)16-13-4-5-13/h10-13H,4-9H2,1-3H3,(H2,15,16,18)/t10-,11-,12+/m1/s1. The molecule has 0 radical (unpaired) electrons. The predicted molar refractivity (Wildman–Crippen MR) is 80.7 cm³/mol. The molecule has 0 aromatic rings. The third kappa shape index (κ3) is 4.73. The van der Waals surface area contributed by atoms with E-state index in [0.717, 1.165) is 23.5 Å². The van der Waals surface area contributed by atoms with E-state index in [1.807, 2.05) is 0 Å². The zero-order valence-electron chi connectivity index (χ0n) is 11.9. The van der Waals surface area contributed by atoms with Crippen molar-refractivity contribution >= 4 is 17.3 Å². The van der Waals surface area contributed by atoms with E-state index in [2.05, 4.69) is 36.3 Å². The fourth-order valence-corrected chi connectivity index (χ4v) is 3.42. The fourth-order valence-electron chi connectivity index (χ4n) is 3.05. The van der Waals surface area contributed by atoms with E-state index >= 15 is 0 Å². The molecule has 0 bridgehead atoms. The van der Waals surface area contributed by atoms with Crippen molar-refractivity contribution < 1.29 is 0 Å². The van der Waals surface area contributed by atoms with Crippen molar-refractivity contribution in [3.05, 3.63) is 0 Å². The lowest BCUT2D eigenvalue weighted by Gasteiger charge is -2.36. The van der Waals surface area contributed by atoms with Gasteiger partial charge >= 0.3 is 0 Å². The van der Waals surface area contributed by atoms with Gasteiger partial charge in [-0.1, -0.05) is 13.8 Å². The van der Waals surface area contributed by atoms with Crippen LogP contribution in [0, 0.1) is 11.8 Å². The van der Waals surface area contributed by atoms with Crippen LogP contribution in [0.2, 0.25) is 0 Å². The van der Waals surface area contributed by atoms with Gasteiger partial charge in [-0.05, 0) is 50.2 Å². The number of rotatable bonds is 4. The molecule has 0 spiro atoms. The molecule has 104 valence electrons. The predicted octanol–water partition coefficient (Wildman–Crippen LogP) is 1.98. The van der Waals surface area contributed by atoms with E-state index in [-0.39, 0.29) is 0 Å². The first-order valence-electron chi connectivity index (χ1n) is 7.32. The van der Waals surface area contributed by atoms with Crippen molar-refractivity contribution in [3.8, 4) is 0 Å². The van der Waals surface area contributed by atoms with Crippen LogP contribution in [0.5, 0.6) is 0 Å². The summed E-state index contributed by atoms with van der Waals surface area (Å²) in [7, 11) is 0. The van der Waals surface area contributed by atoms with E-state index in [1.165, 1.54) is 32.4 Å². The summed E-state index contributed by atoms with van der Waals surface area (Å²) in [6.07, 6.45) is 3.93. The highest BCUT2D eigenvalue weighted by atomic mass is 32.1. The van der Waals surface area contributed by atoms with Crippen LogP contribution in [-0.2, 0) is 0 Å². The van der Waals surface area contributed by atoms with E-state index in [1.54, 1.807) is 0 Å². The van der Waals surface area contributed by atoms with Crippen LogP contribution < -0.4 is 10.6 Å². The Hall–Kier alpha value is -0.350. The highest BCUT2D eigenvalue weighted by Gasteiger charge is 2.24. The van der Waals surface area contributed by atoms with Gasteiger partial charge in [-0.3, -0.25) is 0 Å². The number of thiocarbonyl (C=S) groups is 1. The molecule has 1 aliphatic carbocycles. The quantitative estimate of drug-likeness (QED) is 0.763. The van der Waals surface area contributed by atoms with Gasteiger partial charge in [0.05, 0.1) is 0 Å². The van der Waals surface area contributed by atoms with E-state index in [9.17, 15) is 0 Å². The van der Waals surface area contributed by atoms with Crippen molar-refractivity contribution in [2.24, 2.45) is 11.8 Å². The van der Waals surface area contributed by atoms with Crippen LogP contribution in [0.25, 0.3) is 0 Å². The summed E-state index contributed by atoms with van der Waals surface area (Å²) in [5.74, 6) is 1.66. The molecule has 0 aromatic heterocycles. The molecule has 2 fully saturated rings. The van der Waals surface area contributed by atoms with E-state index in [4.69, 9.17) is 12.2 Å². The maximum absolute atomic E-state index is 5.32. The zero-order chi connectivity index (χ0) is 13.1. The van der Waals surface area contributed by atoms with Crippen molar-refractivity contribution in [1.82, 2.24) is 15.5 Å². The SMILES string of the molecule is C[C@@H]1C[C@@H](C)CN(C[C@H](C)NC(=S)NC2CC2)C1. The Kier molecular flexibility index (Phi) is 4.84. The topological polar surface area (TPSA) is 27.3 Å². The van der Waals surface area contributed by atoms with Crippen LogP contribution in [0.4, 0.5) is 0 Å². The Labute approximate surface area is 117 Å². The molecule has 2 aliphatic rings. The molecule has 18 heavy (non-hydrogen) atoms. The lowest BCUT2D eigenvalue weighted by molar-refractivity contribution is 0.133. The number of piperidine rings is 1. The number of likely N-dealkylation sites (tertiary alicyclic amines) is 1. The average Bonchev–Trinajstić information content (AvgIpc) is 2.98. The summed E-state index contributed by atoms with van der Waals surface area (Å²) < 4.78 is 0. The maximum atomic E-state index is 5.32. The summed E-state index contributed by atoms with van der Waals surface area (Å²) in [5, 5.41) is 7.58. The summed E-state index contributed by atoms with van der Waals surface area (Å²) in [4.78, 5) is 2.58. The van der Waals surface area contributed by atoms with Crippen molar-refractivity contribution in [2.45, 2.75) is 52.1 Å². The fraction of sp³-hybridized carbons (Fsp3) is 0.929. The van der Waals surface area contributed by atoms with Gasteiger partial charge in [0.2, 0.25) is 0 Å². The van der Waals surface area contributed by atoms with Crippen LogP contribution in [0.15, 0.2) is 0 Å². The number of nitrogens with zero attached hydrogens (tertiary/aromatic N) is 1. The normalized spacial score (nSPS) is 30.8. The minimum atomic E-state index is 0.432. The van der Waals surface area contributed by atoms with E-state index in [0.29, 0.717) is 12.1 Å². The molecule has 1 saturated carbocycles. The summed E-state index contributed by atoms with van der Waals surface area (Å²) >= 11 is 5.32. The number of nitrogens with one attached hydrogen (secondary N) is 2. The van der Waals surface area contributed by atoms with Gasteiger partial charge in [-0.2, -0.15) is 0 Å². The Balaban J connectivity index is 1.68. The molecule has 0 amide bonds. The third-order valence-corrected chi connectivity index (χ3v) is 4.00. The van der Waals surface area contributed by atoms with Gasteiger partial charge in [0.15, 0.2) is 5.11 Å². The molecular weight excluding hydrogens is 242 g/mol. The van der Waals surface area contributed by atoms with E-state index < -0.39 is 0 Å². The largest absolute Gasteiger partial charge is 0.360 e. The maximum Gasteiger partial charge on any atom is 0.166 e. The lowest BCUT2D eigenvalue weighted by atomic mass is 9.92. The first-order chi connectivity index (χ1) is 8.52. The molecule has 2 N–H and O–H groups in total. The first kappa shape index (κ1) is 14.1. The first-order valence-corrected chi connectivity index (χ1v) is 7.73. The molecule has 3 nitrogen and oxygen atoms in total. The minimum absolute atomic E-state index is 0.432. The summed E-state index contributed by atoms with van der Waals surface area (Å²) in [6, 6.07) is 1.08. The molecular formula is C14H27N3S. The highest BCUT2D eigenvalue weighted by Crippen LogP contribution is 2.21. The van der Waals surface area contributed by atoms with Crippen molar-refractivity contribution in [1.29, 1.82) is 0 Å². The summed E-state index contributed by atoms with van der Waals surface area (Å²) in [5.41, 5.74) is 0. The van der Waals surface area contributed by atoms with Gasteiger partial charge in [-0.25, -0.2) is 0 Å². The minimum Gasteiger partial charge on any atom is -0.360 e. The lowest BCUT2D eigenvalue weighted by Crippen LogP contribution is -2.49. The second kappa shape index (κ2) is 6.20. The Morgan fingerprint density at radius 2 is 1.89 bits per heavy atom. The Morgan fingerprint density at radius 3 is 2.44 bits per heavy atom. The van der Waals surface area contributed by atoms with Gasteiger partial charge in [0.25, 0.3) is 0 Å². The molecule has 2 rings (SSSR count). The molecule has 3 atom stereocenters. The van der Waals surface area contributed by atoms with Gasteiger partial charge < -0.3 is 15.5 Å². The number of hydrogen-bond acceptors (Lipinski definition) is 2. The Morgan fingerprint density at radius 1 is 1.28 bits per heavy atom. The molecule has 1 aliphatic heterocycles. The second-order valence-electron chi connectivity index (χ2n) is 6.46. The zero-order valence-corrected chi connectivity index (χ0v) is 12.7.